The second-order valence-electron chi connectivity index (χ2n) is 7.09. The second kappa shape index (κ2) is 8.61. The van der Waals surface area contributed by atoms with Gasteiger partial charge in [-0.15, -0.1) is 0 Å². The molecule has 0 bridgehead atoms. The molecule has 4 rings (SSSR count). The molecular formula is C21H23ClFN5. The lowest BCUT2D eigenvalue weighted by molar-refractivity contribution is 0.432. The molecule has 2 aliphatic heterocycles. The summed E-state index contributed by atoms with van der Waals surface area (Å²) in [5, 5.41) is 4.10. The molecule has 0 unspecified atom stereocenters. The van der Waals surface area contributed by atoms with Crippen LogP contribution < -0.4 is 10.2 Å². The van der Waals surface area contributed by atoms with E-state index in [2.05, 4.69) is 25.1 Å². The number of nitrogens with one attached hydrogen (secondary N) is 1. The Morgan fingerprint density at radius 1 is 1.11 bits per heavy atom. The topological polar surface area (TPSA) is 43.2 Å². The van der Waals surface area contributed by atoms with Crippen molar-refractivity contribution in [1.82, 2.24) is 10.2 Å². The lowest BCUT2D eigenvalue weighted by atomic mass is 10.2. The maximum absolute atomic E-state index is 13.2. The van der Waals surface area contributed by atoms with E-state index in [-0.39, 0.29) is 5.82 Å². The molecule has 0 amide bonds. The zero-order chi connectivity index (χ0) is 19.3. The predicted octanol–water partition coefficient (Wildman–Crippen LogP) is 3.90. The summed E-state index contributed by atoms with van der Waals surface area (Å²) in [4.78, 5) is 13.4. The SMILES string of the molecule is Fc1ccc(N2CCC[C@H]2CNC2=NCN(Cc3ccc(Cl)cc3)C=N2)cc1. The highest BCUT2D eigenvalue weighted by molar-refractivity contribution is 6.30. The first-order chi connectivity index (χ1) is 13.7. The number of hydrogen-bond donors (Lipinski definition) is 1. The first kappa shape index (κ1) is 18.7. The van der Waals surface area contributed by atoms with E-state index >= 15 is 0 Å². The summed E-state index contributed by atoms with van der Waals surface area (Å²) in [7, 11) is 0. The van der Waals surface area contributed by atoms with Gasteiger partial charge in [0, 0.05) is 36.4 Å². The molecule has 2 aliphatic rings. The molecule has 2 aromatic carbocycles. The van der Waals surface area contributed by atoms with E-state index in [1.54, 1.807) is 0 Å². The van der Waals surface area contributed by atoms with Gasteiger partial charge in [0.25, 0.3) is 0 Å². The molecule has 28 heavy (non-hydrogen) atoms. The molecule has 1 N–H and O–H groups in total. The molecule has 146 valence electrons. The van der Waals surface area contributed by atoms with Crippen molar-refractivity contribution in [3.8, 4) is 0 Å². The van der Waals surface area contributed by atoms with Gasteiger partial charge in [-0.2, -0.15) is 0 Å². The van der Waals surface area contributed by atoms with Gasteiger partial charge < -0.3 is 15.1 Å². The van der Waals surface area contributed by atoms with Gasteiger partial charge in [0.05, 0.1) is 6.34 Å². The van der Waals surface area contributed by atoms with Crippen molar-refractivity contribution < 1.29 is 4.39 Å². The highest BCUT2D eigenvalue weighted by atomic mass is 35.5. The summed E-state index contributed by atoms with van der Waals surface area (Å²) < 4.78 is 13.2. The fourth-order valence-corrected chi connectivity index (χ4v) is 3.74. The van der Waals surface area contributed by atoms with Crippen LogP contribution in [0.3, 0.4) is 0 Å². The molecule has 1 saturated heterocycles. The molecule has 5 nitrogen and oxygen atoms in total. The molecule has 1 fully saturated rings. The Labute approximate surface area is 169 Å². The number of halogens is 2. The van der Waals surface area contributed by atoms with Crippen LogP contribution in [0.25, 0.3) is 0 Å². The van der Waals surface area contributed by atoms with E-state index in [9.17, 15) is 4.39 Å². The number of benzene rings is 2. The van der Waals surface area contributed by atoms with Crippen molar-refractivity contribution in [2.75, 3.05) is 24.7 Å². The average Bonchev–Trinajstić information content (AvgIpc) is 3.18. The minimum Gasteiger partial charge on any atom is -0.367 e. The Kier molecular flexibility index (Phi) is 5.76. The third-order valence-corrected chi connectivity index (χ3v) is 5.33. The van der Waals surface area contributed by atoms with Crippen LogP contribution in [0.1, 0.15) is 18.4 Å². The van der Waals surface area contributed by atoms with Crippen LogP contribution in [0.5, 0.6) is 0 Å². The molecule has 0 spiro atoms. The first-order valence-corrected chi connectivity index (χ1v) is 9.88. The van der Waals surface area contributed by atoms with Gasteiger partial charge in [-0.25, -0.2) is 14.4 Å². The van der Waals surface area contributed by atoms with Crippen LogP contribution in [0.15, 0.2) is 58.5 Å². The summed E-state index contributed by atoms with van der Waals surface area (Å²) in [5.74, 6) is 0.463. The van der Waals surface area contributed by atoms with Crippen molar-refractivity contribution in [3.63, 3.8) is 0 Å². The number of guanidine groups is 1. The van der Waals surface area contributed by atoms with E-state index in [1.165, 1.54) is 17.7 Å². The predicted molar refractivity (Wildman–Crippen MR) is 113 cm³/mol. The fraction of sp³-hybridized carbons (Fsp3) is 0.333. The van der Waals surface area contributed by atoms with Gasteiger partial charge in [-0.3, -0.25) is 0 Å². The minimum atomic E-state index is -0.202. The zero-order valence-corrected chi connectivity index (χ0v) is 16.3. The molecule has 1 atom stereocenters. The van der Waals surface area contributed by atoms with E-state index < -0.39 is 0 Å². The van der Waals surface area contributed by atoms with E-state index in [1.807, 2.05) is 42.7 Å². The Balaban J connectivity index is 1.28. The quantitative estimate of drug-likeness (QED) is 0.829. The second-order valence-corrected chi connectivity index (χ2v) is 7.52. The molecule has 0 aliphatic carbocycles. The van der Waals surface area contributed by atoms with Crippen molar-refractivity contribution >= 4 is 29.6 Å². The summed E-state index contributed by atoms with van der Waals surface area (Å²) in [5.41, 5.74) is 2.23. The lowest BCUT2D eigenvalue weighted by Gasteiger charge is -2.28. The van der Waals surface area contributed by atoms with Gasteiger partial charge in [-0.1, -0.05) is 23.7 Å². The van der Waals surface area contributed by atoms with Crippen molar-refractivity contribution in [1.29, 1.82) is 0 Å². The van der Waals surface area contributed by atoms with Crippen molar-refractivity contribution in [3.05, 3.63) is 64.9 Å². The molecule has 0 saturated carbocycles. The van der Waals surface area contributed by atoms with Gasteiger partial charge in [0.1, 0.15) is 12.5 Å². The van der Waals surface area contributed by atoms with Crippen molar-refractivity contribution in [2.45, 2.75) is 25.4 Å². The van der Waals surface area contributed by atoms with Crippen molar-refractivity contribution in [2.24, 2.45) is 9.98 Å². The van der Waals surface area contributed by atoms with Gasteiger partial charge >= 0.3 is 0 Å². The molecule has 0 radical (unpaired) electrons. The molecule has 2 aromatic rings. The molecule has 7 heteroatoms. The Morgan fingerprint density at radius 3 is 2.61 bits per heavy atom. The fourth-order valence-electron chi connectivity index (χ4n) is 3.62. The van der Waals surface area contributed by atoms with Crippen LogP contribution in [0.4, 0.5) is 10.1 Å². The standard InChI is InChI=1S/C21H23ClFN5/c22-17-5-3-16(4-6-17)13-27-14-25-21(26-15-27)24-12-20-2-1-11-28(20)19-9-7-18(23)8-10-19/h3-10,14,20H,1-2,11-13,15H2,(H,24,26)/t20-/m0/s1. The van der Waals surface area contributed by atoms with Crippen LogP contribution in [0, 0.1) is 5.82 Å². The third-order valence-electron chi connectivity index (χ3n) is 5.08. The van der Waals surface area contributed by atoms with Gasteiger partial charge in [0.2, 0.25) is 5.96 Å². The van der Waals surface area contributed by atoms with Crippen LogP contribution >= 0.6 is 11.6 Å². The van der Waals surface area contributed by atoms with Crippen LogP contribution in [-0.2, 0) is 6.54 Å². The Hall–Kier alpha value is -2.60. The number of rotatable bonds is 5. The average molecular weight is 400 g/mol. The van der Waals surface area contributed by atoms with Gasteiger partial charge in [-0.05, 0) is 54.8 Å². The highest BCUT2D eigenvalue weighted by Crippen LogP contribution is 2.25. The molecule has 0 aromatic heterocycles. The molecule has 2 heterocycles. The maximum atomic E-state index is 13.2. The third kappa shape index (κ3) is 4.62. The lowest BCUT2D eigenvalue weighted by Crippen LogP contribution is -2.41. The summed E-state index contributed by atoms with van der Waals surface area (Å²) in [6.45, 7) is 3.08. The zero-order valence-electron chi connectivity index (χ0n) is 15.6. The van der Waals surface area contributed by atoms with E-state index in [0.717, 1.165) is 43.2 Å². The smallest absolute Gasteiger partial charge is 0.221 e. The summed E-state index contributed by atoms with van der Waals surface area (Å²) >= 11 is 5.93. The normalized spacial score (nSPS) is 19.1. The van der Waals surface area contributed by atoms with E-state index in [4.69, 9.17) is 11.6 Å². The Morgan fingerprint density at radius 2 is 1.89 bits per heavy atom. The van der Waals surface area contributed by atoms with Crippen LogP contribution in [-0.4, -0.2) is 43.0 Å². The monoisotopic (exact) mass is 399 g/mol. The van der Waals surface area contributed by atoms with E-state index in [0.29, 0.717) is 18.7 Å². The number of nitrogens with zero attached hydrogens (tertiary/aromatic N) is 4. The Bertz CT molecular complexity index is 850. The highest BCUT2D eigenvalue weighted by Gasteiger charge is 2.25. The van der Waals surface area contributed by atoms with Gasteiger partial charge in [0.15, 0.2) is 0 Å². The number of hydrogen-bond acceptors (Lipinski definition) is 5. The maximum Gasteiger partial charge on any atom is 0.221 e. The number of anilines is 1. The first-order valence-electron chi connectivity index (χ1n) is 9.50. The summed E-state index contributed by atoms with van der Waals surface area (Å²) in [6.07, 6.45) is 4.06. The minimum absolute atomic E-state index is 0.202. The molecular weight excluding hydrogens is 377 g/mol. The number of aliphatic imine (C=N–C) groups is 2. The largest absolute Gasteiger partial charge is 0.367 e. The summed E-state index contributed by atoms with van der Waals surface area (Å²) in [6, 6.07) is 14.9. The van der Waals surface area contributed by atoms with Crippen LogP contribution in [0.2, 0.25) is 5.02 Å².